The van der Waals surface area contributed by atoms with Gasteiger partial charge in [-0.3, -0.25) is 14.2 Å². The van der Waals surface area contributed by atoms with Gasteiger partial charge in [-0.1, -0.05) is 6.92 Å². The molecule has 0 radical (unpaired) electrons. The second kappa shape index (κ2) is 8.76. The lowest BCUT2D eigenvalue weighted by atomic mass is 9.97. The molecule has 1 unspecified atom stereocenters. The average Bonchev–Trinajstić information content (AvgIpc) is 3.15. The van der Waals surface area contributed by atoms with Gasteiger partial charge >= 0.3 is 0 Å². The molecular formula is C22H26N4O4S2. The Kier molecular flexibility index (Phi) is 6.19. The number of aromatic nitrogens is 2. The first kappa shape index (κ1) is 22.6. The standard InChI is InChI=1S/C22H26N4O4S2/c1-4-17(20(27)24-14-9-11-15(12-10-14)32(29,30)25(2)3)26-13-23-21-19(22(26)28)16-7-5-6-8-18(16)31-21/h9-13,17H,4-8H2,1-3H3,(H,24,27). The van der Waals surface area contributed by atoms with E-state index in [4.69, 9.17) is 0 Å². The van der Waals surface area contributed by atoms with E-state index in [9.17, 15) is 18.0 Å². The Bertz CT molecular complexity index is 1320. The first-order chi connectivity index (χ1) is 15.2. The molecule has 2 aromatic heterocycles. The third-order valence-electron chi connectivity index (χ3n) is 5.83. The molecule has 2 heterocycles. The molecular weight excluding hydrogens is 448 g/mol. The number of nitrogens with one attached hydrogen (secondary N) is 1. The van der Waals surface area contributed by atoms with Gasteiger partial charge in [0.25, 0.3) is 5.56 Å². The maximum Gasteiger partial charge on any atom is 0.263 e. The number of amides is 1. The van der Waals surface area contributed by atoms with Crippen LogP contribution in [0.3, 0.4) is 0 Å². The van der Waals surface area contributed by atoms with Crippen molar-refractivity contribution in [2.24, 2.45) is 0 Å². The summed E-state index contributed by atoms with van der Waals surface area (Å²) in [7, 11) is -0.622. The number of nitrogens with zero attached hydrogens (tertiary/aromatic N) is 3. The van der Waals surface area contributed by atoms with E-state index < -0.39 is 16.1 Å². The maximum atomic E-state index is 13.3. The minimum Gasteiger partial charge on any atom is -0.324 e. The molecule has 1 N–H and O–H groups in total. The Hall–Kier alpha value is -2.56. The molecule has 10 heteroatoms. The predicted molar refractivity (Wildman–Crippen MR) is 126 cm³/mol. The summed E-state index contributed by atoms with van der Waals surface area (Å²) in [5, 5.41) is 3.45. The smallest absolute Gasteiger partial charge is 0.263 e. The van der Waals surface area contributed by atoms with Crippen LogP contribution in [0.2, 0.25) is 0 Å². The van der Waals surface area contributed by atoms with Crippen LogP contribution < -0.4 is 10.9 Å². The molecule has 1 aromatic carbocycles. The second-order valence-corrected chi connectivity index (χ2v) is 11.3. The number of aryl methyl sites for hydroxylation is 2. The van der Waals surface area contributed by atoms with Crippen molar-refractivity contribution < 1.29 is 13.2 Å². The van der Waals surface area contributed by atoms with Crippen LogP contribution in [0.5, 0.6) is 0 Å². The van der Waals surface area contributed by atoms with Gasteiger partial charge in [0.15, 0.2) is 0 Å². The summed E-state index contributed by atoms with van der Waals surface area (Å²) in [6, 6.07) is 5.26. The summed E-state index contributed by atoms with van der Waals surface area (Å²) in [5.74, 6) is -0.344. The molecule has 0 saturated heterocycles. The Morgan fingerprint density at radius 3 is 2.56 bits per heavy atom. The molecule has 1 aliphatic carbocycles. The molecule has 1 amide bonds. The van der Waals surface area contributed by atoms with Crippen LogP contribution in [0, 0.1) is 0 Å². The van der Waals surface area contributed by atoms with Gasteiger partial charge in [-0.2, -0.15) is 0 Å². The third-order valence-corrected chi connectivity index (χ3v) is 8.86. The van der Waals surface area contributed by atoms with E-state index in [0.29, 0.717) is 17.5 Å². The summed E-state index contributed by atoms with van der Waals surface area (Å²) < 4.78 is 27.0. The normalized spacial score (nSPS) is 15.0. The van der Waals surface area contributed by atoms with Gasteiger partial charge in [0.2, 0.25) is 15.9 Å². The van der Waals surface area contributed by atoms with Crippen molar-refractivity contribution in [1.82, 2.24) is 13.9 Å². The summed E-state index contributed by atoms with van der Waals surface area (Å²) >= 11 is 1.58. The van der Waals surface area contributed by atoms with Crippen molar-refractivity contribution in [1.29, 1.82) is 0 Å². The lowest BCUT2D eigenvalue weighted by molar-refractivity contribution is -0.119. The topological polar surface area (TPSA) is 101 Å². The fourth-order valence-electron chi connectivity index (χ4n) is 4.04. The Labute approximate surface area is 190 Å². The summed E-state index contributed by atoms with van der Waals surface area (Å²) in [6.45, 7) is 1.84. The van der Waals surface area contributed by atoms with Crippen LogP contribution in [0.1, 0.15) is 42.7 Å². The van der Waals surface area contributed by atoms with Crippen LogP contribution in [-0.2, 0) is 27.7 Å². The number of rotatable bonds is 6. The predicted octanol–water partition coefficient (Wildman–Crippen LogP) is 3.18. The molecule has 170 valence electrons. The number of carbonyl (C=O) groups excluding carboxylic acids is 1. The van der Waals surface area contributed by atoms with E-state index in [1.807, 2.05) is 6.92 Å². The van der Waals surface area contributed by atoms with E-state index in [1.54, 1.807) is 23.5 Å². The van der Waals surface area contributed by atoms with E-state index in [1.165, 1.54) is 42.0 Å². The number of fused-ring (bicyclic) bond motifs is 3. The Balaban J connectivity index is 1.62. The Morgan fingerprint density at radius 2 is 1.91 bits per heavy atom. The molecule has 4 rings (SSSR count). The highest BCUT2D eigenvalue weighted by molar-refractivity contribution is 7.89. The fourth-order valence-corrected chi connectivity index (χ4v) is 6.16. The largest absolute Gasteiger partial charge is 0.324 e. The lowest BCUT2D eigenvalue weighted by Crippen LogP contribution is -2.33. The average molecular weight is 475 g/mol. The highest BCUT2D eigenvalue weighted by atomic mass is 32.2. The number of thiophene rings is 1. The molecule has 1 aliphatic rings. The number of carbonyl (C=O) groups is 1. The van der Waals surface area contributed by atoms with E-state index in [-0.39, 0.29) is 16.4 Å². The first-order valence-electron chi connectivity index (χ1n) is 10.6. The maximum absolute atomic E-state index is 13.3. The summed E-state index contributed by atoms with van der Waals surface area (Å²) in [6.07, 6.45) is 5.92. The zero-order chi connectivity index (χ0) is 23.0. The molecule has 0 spiro atoms. The lowest BCUT2D eigenvalue weighted by Gasteiger charge is -2.18. The second-order valence-electron chi connectivity index (χ2n) is 8.07. The molecule has 1 atom stereocenters. The van der Waals surface area contributed by atoms with Gasteiger partial charge in [0.05, 0.1) is 16.6 Å². The highest BCUT2D eigenvalue weighted by Crippen LogP contribution is 2.33. The van der Waals surface area contributed by atoms with Gasteiger partial charge < -0.3 is 5.32 Å². The molecule has 0 bridgehead atoms. The van der Waals surface area contributed by atoms with Crippen molar-refractivity contribution in [3.05, 3.63) is 51.4 Å². The molecule has 0 fully saturated rings. The molecule has 8 nitrogen and oxygen atoms in total. The van der Waals surface area contributed by atoms with Crippen LogP contribution >= 0.6 is 11.3 Å². The number of sulfonamides is 1. The summed E-state index contributed by atoms with van der Waals surface area (Å²) in [4.78, 5) is 32.9. The number of anilines is 1. The van der Waals surface area contributed by atoms with Crippen molar-refractivity contribution in [3.63, 3.8) is 0 Å². The fraction of sp³-hybridized carbons (Fsp3) is 0.409. The van der Waals surface area contributed by atoms with Crippen LogP contribution in [0.15, 0.2) is 40.3 Å². The SMILES string of the molecule is CCC(C(=O)Nc1ccc(S(=O)(=O)N(C)C)cc1)n1cnc2sc3c(c2c1=O)CCCC3. The monoisotopic (exact) mass is 474 g/mol. The highest BCUT2D eigenvalue weighted by Gasteiger charge is 2.25. The van der Waals surface area contributed by atoms with Gasteiger partial charge in [-0.25, -0.2) is 17.7 Å². The zero-order valence-electron chi connectivity index (χ0n) is 18.3. The van der Waals surface area contributed by atoms with E-state index >= 15 is 0 Å². The van der Waals surface area contributed by atoms with Gasteiger partial charge in [-0.15, -0.1) is 11.3 Å². The third kappa shape index (κ3) is 3.98. The zero-order valence-corrected chi connectivity index (χ0v) is 19.9. The molecule has 0 saturated carbocycles. The van der Waals surface area contributed by atoms with Crippen LogP contribution in [0.4, 0.5) is 5.69 Å². The number of benzene rings is 1. The van der Waals surface area contributed by atoms with E-state index in [2.05, 4.69) is 10.3 Å². The minimum absolute atomic E-state index is 0.139. The first-order valence-corrected chi connectivity index (χ1v) is 12.8. The Morgan fingerprint density at radius 1 is 1.22 bits per heavy atom. The molecule has 3 aromatic rings. The van der Waals surface area contributed by atoms with Crippen LogP contribution in [-0.4, -0.2) is 42.3 Å². The van der Waals surface area contributed by atoms with E-state index in [0.717, 1.165) is 40.4 Å². The number of hydrogen-bond donors (Lipinski definition) is 1. The van der Waals surface area contributed by atoms with Gasteiger partial charge in [-0.05, 0) is 61.9 Å². The quantitative estimate of drug-likeness (QED) is 0.591. The van der Waals surface area contributed by atoms with Gasteiger partial charge in [0.1, 0.15) is 10.9 Å². The van der Waals surface area contributed by atoms with Crippen molar-refractivity contribution in [3.8, 4) is 0 Å². The number of hydrogen-bond acceptors (Lipinski definition) is 6. The van der Waals surface area contributed by atoms with Crippen molar-refractivity contribution >= 4 is 43.2 Å². The van der Waals surface area contributed by atoms with Crippen molar-refractivity contribution in [2.75, 3.05) is 19.4 Å². The van der Waals surface area contributed by atoms with Gasteiger partial charge in [0, 0.05) is 24.7 Å². The summed E-state index contributed by atoms with van der Waals surface area (Å²) in [5.41, 5.74) is 1.38. The minimum atomic E-state index is -3.55. The molecule has 32 heavy (non-hydrogen) atoms. The van der Waals surface area contributed by atoms with Crippen LogP contribution in [0.25, 0.3) is 10.2 Å². The van der Waals surface area contributed by atoms with Crippen molar-refractivity contribution in [2.45, 2.75) is 50.0 Å². The molecule has 0 aliphatic heterocycles.